The van der Waals surface area contributed by atoms with Gasteiger partial charge in [0.1, 0.15) is 0 Å². The number of hydrogen-bond donors (Lipinski definition) is 2. The van der Waals surface area contributed by atoms with Crippen molar-refractivity contribution < 1.29 is 8.42 Å². The van der Waals surface area contributed by atoms with Crippen molar-refractivity contribution in [3.05, 3.63) is 51.7 Å². The molecule has 3 rings (SSSR count). The monoisotopic (exact) mass is 534 g/mol. The molecule has 0 atom stereocenters. The Hall–Kier alpha value is -1.17. The molecule has 1 aliphatic heterocycles. The maximum absolute atomic E-state index is 12.6. The van der Waals surface area contributed by atoms with Crippen molar-refractivity contribution in [3.63, 3.8) is 0 Å². The molecule has 0 aliphatic carbocycles. The third-order valence-corrected chi connectivity index (χ3v) is 7.63. The molecule has 6 nitrogen and oxygen atoms in total. The summed E-state index contributed by atoms with van der Waals surface area (Å²) in [5.41, 5.74) is 2.28. The highest BCUT2D eigenvalue weighted by Gasteiger charge is 2.26. The minimum atomic E-state index is -3.35. The van der Waals surface area contributed by atoms with E-state index in [1.807, 2.05) is 12.1 Å². The Bertz CT molecular complexity index is 889. The number of sulfonamides is 1. The smallest absolute Gasteiger partial charge is 0.243 e. The van der Waals surface area contributed by atoms with Gasteiger partial charge < -0.3 is 10.6 Å². The van der Waals surface area contributed by atoms with Gasteiger partial charge in [0.05, 0.1) is 11.4 Å². The summed E-state index contributed by atoms with van der Waals surface area (Å²) in [6.07, 6.45) is 1.89. The number of aryl methyl sites for hydroxylation is 1. The van der Waals surface area contributed by atoms with Gasteiger partial charge in [-0.2, -0.15) is 4.31 Å². The molecule has 1 saturated heterocycles. The van der Waals surface area contributed by atoms with Crippen LogP contribution >= 0.6 is 35.3 Å². The molecule has 1 fully saturated rings. The molecule has 154 valence electrons. The van der Waals surface area contributed by atoms with E-state index in [9.17, 15) is 8.42 Å². The molecule has 1 aliphatic rings. The van der Waals surface area contributed by atoms with Crippen molar-refractivity contribution in [2.75, 3.05) is 20.1 Å². The highest BCUT2D eigenvalue weighted by Crippen LogP contribution is 2.21. The van der Waals surface area contributed by atoms with E-state index in [2.05, 4.69) is 34.0 Å². The number of aliphatic imine (C=N–C) groups is 1. The molecule has 28 heavy (non-hydrogen) atoms. The predicted molar refractivity (Wildman–Crippen MR) is 126 cm³/mol. The number of nitrogens with zero attached hydrogens (tertiary/aromatic N) is 2. The molecule has 9 heteroatoms. The number of nitrogens with one attached hydrogen (secondary N) is 2. The van der Waals surface area contributed by atoms with Crippen molar-refractivity contribution in [1.29, 1.82) is 0 Å². The second-order valence-corrected chi connectivity index (χ2v) is 9.50. The fourth-order valence-electron chi connectivity index (χ4n) is 3.01. The predicted octanol–water partition coefficient (Wildman–Crippen LogP) is 3.32. The molecule has 0 radical (unpaired) electrons. The number of hydrogen-bond acceptors (Lipinski definition) is 4. The number of halogens is 1. The lowest BCUT2D eigenvalue weighted by Gasteiger charge is -2.16. The average Bonchev–Trinajstić information content (AvgIpc) is 3.35. The van der Waals surface area contributed by atoms with Crippen LogP contribution in [-0.2, 0) is 23.1 Å². The second-order valence-electron chi connectivity index (χ2n) is 6.56. The molecule has 0 amide bonds. The molecular formula is C19H27IN4O2S2. The Balaban J connectivity index is 0.00000280. The Kier molecular flexibility index (Phi) is 8.72. The van der Waals surface area contributed by atoms with Crippen LogP contribution in [0.3, 0.4) is 0 Å². The molecule has 0 saturated carbocycles. The van der Waals surface area contributed by atoms with Gasteiger partial charge in [-0.15, -0.1) is 35.3 Å². The zero-order valence-corrected chi connectivity index (χ0v) is 20.1. The molecule has 1 aromatic heterocycles. The van der Waals surface area contributed by atoms with E-state index >= 15 is 0 Å². The van der Waals surface area contributed by atoms with Gasteiger partial charge in [0.15, 0.2) is 5.96 Å². The van der Waals surface area contributed by atoms with E-state index in [1.165, 1.54) is 10.4 Å². The topological polar surface area (TPSA) is 73.8 Å². The van der Waals surface area contributed by atoms with Gasteiger partial charge in [-0.05, 0) is 54.5 Å². The summed E-state index contributed by atoms with van der Waals surface area (Å²) >= 11 is 1.72. The van der Waals surface area contributed by atoms with E-state index in [4.69, 9.17) is 0 Å². The largest absolute Gasteiger partial charge is 0.352 e. The highest BCUT2D eigenvalue weighted by molar-refractivity contribution is 14.0. The summed E-state index contributed by atoms with van der Waals surface area (Å²) in [6, 6.07) is 9.20. The first-order chi connectivity index (χ1) is 13.0. The lowest BCUT2D eigenvalue weighted by atomic mass is 10.2. The van der Waals surface area contributed by atoms with Crippen molar-refractivity contribution in [1.82, 2.24) is 14.9 Å². The lowest BCUT2D eigenvalue weighted by Crippen LogP contribution is -2.36. The second kappa shape index (κ2) is 10.6. The molecule has 0 bridgehead atoms. The molecule has 2 aromatic rings. The first-order valence-electron chi connectivity index (χ1n) is 9.07. The van der Waals surface area contributed by atoms with Crippen LogP contribution in [-0.4, -0.2) is 38.8 Å². The van der Waals surface area contributed by atoms with Crippen LogP contribution in [0.2, 0.25) is 0 Å². The summed E-state index contributed by atoms with van der Waals surface area (Å²) in [4.78, 5) is 5.89. The zero-order chi connectivity index (χ0) is 19.3. The summed E-state index contributed by atoms with van der Waals surface area (Å²) < 4.78 is 26.7. The molecular weight excluding hydrogens is 507 g/mol. The van der Waals surface area contributed by atoms with Gasteiger partial charge in [0.25, 0.3) is 0 Å². The molecule has 1 aromatic carbocycles. The van der Waals surface area contributed by atoms with Gasteiger partial charge in [0.2, 0.25) is 10.0 Å². The third kappa shape index (κ3) is 5.68. The fourth-order valence-corrected chi connectivity index (χ4v) is 5.38. The average molecular weight is 534 g/mol. The van der Waals surface area contributed by atoms with Gasteiger partial charge in [-0.25, -0.2) is 8.42 Å². The SMILES string of the molecule is CN=C(NCc1ccc(S(=O)(=O)N2CCCC2)cc1)NCc1sccc1C.I. The highest BCUT2D eigenvalue weighted by atomic mass is 127. The van der Waals surface area contributed by atoms with E-state index in [0.29, 0.717) is 24.5 Å². The van der Waals surface area contributed by atoms with E-state index in [-0.39, 0.29) is 24.0 Å². The maximum Gasteiger partial charge on any atom is 0.243 e. The van der Waals surface area contributed by atoms with Crippen molar-refractivity contribution in [2.45, 2.75) is 37.8 Å². The number of benzene rings is 1. The van der Waals surface area contributed by atoms with E-state index < -0.39 is 10.0 Å². The summed E-state index contributed by atoms with van der Waals surface area (Å²) in [7, 11) is -1.61. The minimum Gasteiger partial charge on any atom is -0.352 e. The number of guanidine groups is 1. The van der Waals surface area contributed by atoms with Crippen molar-refractivity contribution >= 4 is 51.3 Å². The summed E-state index contributed by atoms with van der Waals surface area (Å²) in [5, 5.41) is 8.65. The van der Waals surface area contributed by atoms with E-state index in [0.717, 1.165) is 30.9 Å². The Morgan fingerprint density at radius 1 is 1.11 bits per heavy atom. The van der Waals surface area contributed by atoms with Crippen molar-refractivity contribution in [3.8, 4) is 0 Å². The first-order valence-corrected chi connectivity index (χ1v) is 11.4. The Morgan fingerprint density at radius 2 is 1.75 bits per heavy atom. The Morgan fingerprint density at radius 3 is 2.32 bits per heavy atom. The third-order valence-electron chi connectivity index (χ3n) is 4.69. The molecule has 2 heterocycles. The van der Waals surface area contributed by atoms with Gasteiger partial charge in [0, 0.05) is 31.6 Å². The van der Waals surface area contributed by atoms with Crippen LogP contribution in [0.15, 0.2) is 45.6 Å². The van der Waals surface area contributed by atoms with Crippen molar-refractivity contribution in [2.24, 2.45) is 4.99 Å². The fraction of sp³-hybridized carbons (Fsp3) is 0.421. The first kappa shape index (κ1) is 23.1. The zero-order valence-electron chi connectivity index (χ0n) is 16.1. The number of rotatable bonds is 6. The molecule has 0 spiro atoms. The molecule has 0 unspecified atom stereocenters. The van der Waals surface area contributed by atoms with Gasteiger partial charge >= 0.3 is 0 Å². The van der Waals surface area contributed by atoms with Crippen LogP contribution < -0.4 is 10.6 Å². The lowest BCUT2D eigenvalue weighted by molar-refractivity contribution is 0.477. The number of thiophene rings is 1. The van der Waals surface area contributed by atoms with Crippen LogP contribution in [0.4, 0.5) is 0 Å². The standard InChI is InChI=1S/C19H26N4O2S2.HI/c1-15-9-12-26-18(15)14-22-19(20-2)21-13-16-5-7-17(8-6-16)27(24,25)23-10-3-4-11-23;/h5-9,12H,3-4,10-11,13-14H2,1-2H3,(H2,20,21,22);1H. The van der Waals surface area contributed by atoms with Crippen LogP contribution in [0.25, 0.3) is 0 Å². The van der Waals surface area contributed by atoms with E-state index in [1.54, 1.807) is 34.8 Å². The normalized spacial score (nSPS) is 15.3. The maximum atomic E-state index is 12.6. The van der Waals surface area contributed by atoms with Crippen LogP contribution in [0.1, 0.15) is 28.8 Å². The Labute approximate surface area is 188 Å². The van der Waals surface area contributed by atoms with Gasteiger partial charge in [-0.1, -0.05) is 12.1 Å². The summed E-state index contributed by atoms with van der Waals surface area (Å²) in [6.45, 7) is 4.65. The minimum absolute atomic E-state index is 0. The summed E-state index contributed by atoms with van der Waals surface area (Å²) in [5.74, 6) is 0.719. The van der Waals surface area contributed by atoms with Crippen LogP contribution in [0.5, 0.6) is 0 Å². The van der Waals surface area contributed by atoms with Crippen LogP contribution in [0, 0.1) is 6.92 Å². The van der Waals surface area contributed by atoms with Gasteiger partial charge in [-0.3, -0.25) is 4.99 Å². The molecule has 2 N–H and O–H groups in total. The quantitative estimate of drug-likeness (QED) is 0.339.